The molecule has 0 radical (unpaired) electrons. The van der Waals surface area contributed by atoms with Crippen LogP contribution in [-0.4, -0.2) is 4.83 Å². The first-order valence-corrected chi connectivity index (χ1v) is 4.80. The predicted octanol–water partition coefficient (Wildman–Crippen LogP) is 3.25. The van der Waals surface area contributed by atoms with Crippen LogP contribution in [0.3, 0.4) is 0 Å². The summed E-state index contributed by atoms with van der Waals surface area (Å²) in [6.07, 6.45) is 6.25. The third-order valence-corrected chi connectivity index (χ3v) is 4.30. The molecule has 0 aromatic carbocycles. The van der Waals surface area contributed by atoms with Gasteiger partial charge in [-0.3, -0.25) is 0 Å². The molecule has 0 nitrogen and oxygen atoms in total. The molecule has 2 heteroatoms. The molecule has 0 spiro atoms. The minimum absolute atomic E-state index is 0.664. The Morgan fingerprint density at radius 2 is 2.50 bits per heavy atom. The van der Waals surface area contributed by atoms with Crippen LogP contribution < -0.4 is 0 Å². The Bertz CT molecular complexity index is 109. The van der Waals surface area contributed by atoms with Crippen molar-refractivity contribution in [3.8, 4) is 0 Å². The van der Waals surface area contributed by atoms with Gasteiger partial charge in [0, 0.05) is 8.41 Å². The summed E-state index contributed by atoms with van der Waals surface area (Å²) < 4.78 is 1.48. The average Bonchev–Trinajstić information content (AvgIpc) is 1.77. The summed E-state index contributed by atoms with van der Waals surface area (Å²) in [7, 11) is 0. The molecule has 0 saturated heterocycles. The van der Waals surface area contributed by atoms with Gasteiger partial charge in [-0.2, -0.15) is 0 Å². The van der Waals surface area contributed by atoms with E-state index in [2.05, 4.69) is 44.6 Å². The second kappa shape index (κ2) is 3.20. The van der Waals surface area contributed by atoms with Gasteiger partial charge in [0.25, 0.3) is 0 Å². The SMILES string of the molecule is BrC1CCCC=C1I. The van der Waals surface area contributed by atoms with Gasteiger partial charge in [0.15, 0.2) is 0 Å². The largest absolute Gasteiger partial charge is 0.0834 e. The molecule has 1 atom stereocenters. The molecule has 8 heavy (non-hydrogen) atoms. The van der Waals surface area contributed by atoms with Crippen molar-refractivity contribution in [2.24, 2.45) is 0 Å². The van der Waals surface area contributed by atoms with Crippen molar-refractivity contribution < 1.29 is 0 Å². The highest BCUT2D eigenvalue weighted by Gasteiger charge is 2.10. The Morgan fingerprint density at radius 1 is 1.75 bits per heavy atom. The molecule has 0 aliphatic heterocycles. The molecule has 0 aromatic heterocycles. The van der Waals surface area contributed by atoms with Crippen LogP contribution in [0.25, 0.3) is 0 Å². The summed E-state index contributed by atoms with van der Waals surface area (Å²) in [6, 6.07) is 0. The van der Waals surface area contributed by atoms with Gasteiger partial charge in [-0.25, -0.2) is 0 Å². The molecule has 0 saturated carbocycles. The molecule has 0 amide bonds. The first-order chi connectivity index (χ1) is 3.80. The lowest BCUT2D eigenvalue weighted by Crippen LogP contribution is -2.01. The molecule has 0 heterocycles. The topological polar surface area (TPSA) is 0 Å². The third-order valence-electron chi connectivity index (χ3n) is 1.30. The first-order valence-electron chi connectivity index (χ1n) is 2.80. The van der Waals surface area contributed by atoms with Crippen LogP contribution in [0, 0.1) is 0 Å². The number of rotatable bonds is 0. The molecule has 1 rings (SSSR count). The van der Waals surface area contributed by atoms with Crippen LogP contribution in [-0.2, 0) is 0 Å². The fourth-order valence-electron chi connectivity index (χ4n) is 0.803. The zero-order valence-electron chi connectivity index (χ0n) is 4.53. The quantitative estimate of drug-likeness (QED) is 0.474. The second-order valence-corrected chi connectivity index (χ2v) is 4.34. The number of halogens is 2. The molecule has 46 valence electrons. The minimum atomic E-state index is 0.664. The molecule has 0 aromatic rings. The summed E-state index contributed by atoms with van der Waals surface area (Å²) in [5, 5.41) is 0. The normalized spacial score (nSPS) is 29.8. The van der Waals surface area contributed by atoms with Crippen molar-refractivity contribution in [2.45, 2.75) is 24.1 Å². The lowest BCUT2D eigenvalue weighted by Gasteiger charge is -2.12. The summed E-state index contributed by atoms with van der Waals surface area (Å²) >= 11 is 5.97. The van der Waals surface area contributed by atoms with Gasteiger partial charge in [-0.1, -0.05) is 22.0 Å². The number of hydrogen-bond donors (Lipinski definition) is 0. The van der Waals surface area contributed by atoms with E-state index < -0.39 is 0 Å². The maximum absolute atomic E-state index is 3.58. The molecule has 1 aliphatic rings. The monoisotopic (exact) mass is 286 g/mol. The fraction of sp³-hybridized carbons (Fsp3) is 0.667. The zero-order valence-corrected chi connectivity index (χ0v) is 8.28. The van der Waals surface area contributed by atoms with Gasteiger partial charge in [-0.05, 0) is 41.9 Å². The van der Waals surface area contributed by atoms with E-state index in [0.717, 1.165) is 0 Å². The Morgan fingerprint density at radius 3 is 2.88 bits per heavy atom. The van der Waals surface area contributed by atoms with Crippen molar-refractivity contribution in [2.75, 3.05) is 0 Å². The zero-order chi connectivity index (χ0) is 5.98. The van der Waals surface area contributed by atoms with Crippen molar-refractivity contribution in [3.05, 3.63) is 9.66 Å². The Balaban J connectivity index is 2.53. The van der Waals surface area contributed by atoms with Crippen LogP contribution in [0.5, 0.6) is 0 Å². The molecule has 1 aliphatic carbocycles. The standard InChI is InChI=1S/C6H8BrI/c7-5-3-1-2-4-6(5)8/h4-5H,1-3H2. The maximum atomic E-state index is 3.58. The van der Waals surface area contributed by atoms with E-state index >= 15 is 0 Å². The van der Waals surface area contributed by atoms with E-state index in [4.69, 9.17) is 0 Å². The highest BCUT2D eigenvalue weighted by molar-refractivity contribution is 14.1. The number of hydrogen-bond acceptors (Lipinski definition) is 0. The van der Waals surface area contributed by atoms with Gasteiger partial charge in [-0.15, -0.1) is 0 Å². The van der Waals surface area contributed by atoms with E-state index in [1.807, 2.05) is 0 Å². The Kier molecular flexibility index (Phi) is 2.83. The fourth-order valence-corrected chi connectivity index (χ4v) is 1.94. The highest BCUT2D eigenvalue weighted by atomic mass is 127. The summed E-state index contributed by atoms with van der Waals surface area (Å²) in [5.74, 6) is 0. The molecule has 0 bridgehead atoms. The Hall–Kier alpha value is 0.950. The van der Waals surface area contributed by atoms with E-state index in [1.54, 1.807) is 0 Å². The summed E-state index contributed by atoms with van der Waals surface area (Å²) in [4.78, 5) is 0.664. The van der Waals surface area contributed by atoms with Crippen molar-refractivity contribution in [1.82, 2.24) is 0 Å². The van der Waals surface area contributed by atoms with Crippen LogP contribution in [0.15, 0.2) is 9.66 Å². The average molecular weight is 287 g/mol. The first kappa shape index (κ1) is 7.06. The van der Waals surface area contributed by atoms with Crippen LogP contribution >= 0.6 is 38.5 Å². The van der Waals surface area contributed by atoms with Crippen molar-refractivity contribution in [3.63, 3.8) is 0 Å². The minimum Gasteiger partial charge on any atom is -0.0834 e. The lowest BCUT2D eigenvalue weighted by molar-refractivity contribution is 0.744. The molecule has 1 unspecified atom stereocenters. The molecule has 0 N–H and O–H groups in total. The number of allylic oxidation sites excluding steroid dienone is 2. The molecule has 0 fully saturated rings. The summed E-state index contributed by atoms with van der Waals surface area (Å²) in [5.41, 5.74) is 0. The molecular weight excluding hydrogens is 279 g/mol. The van der Waals surface area contributed by atoms with Gasteiger partial charge in [0.1, 0.15) is 0 Å². The lowest BCUT2D eigenvalue weighted by atomic mass is 10.1. The maximum Gasteiger partial charge on any atom is 0.0450 e. The highest BCUT2D eigenvalue weighted by Crippen LogP contribution is 2.28. The van der Waals surface area contributed by atoms with Gasteiger partial charge < -0.3 is 0 Å². The van der Waals surface area contributed by atoms with Gasteiger partial charge in [0.05, 0.1) is 0 Å². The summed E-state index contributed by atoms with van der Waals surface area (Å²) in [6.45, 7) is 0. The van der Waals surface area contributed by atoms with E-state index in [0.29, 0.717) is 4.83 Å². The van der Waals surface area contributed by atoms with E-state index in [9.17, 15) is 0 Å². The predicted molar refractivity (Wildman–Crippen MR) is 48.7 cm³/mol. The van der Waals surface area contributed by atoms with E-state index in [1.165, 1.54) is 22.8 Å². The van der Waals surface area contributed by atoms with Gasteiger partial charge in [0.2, 0.25) is 0 Å². The smallest absolute Gasteiger partial charge is 0.0450 e. The van der Waals surface area contributed by atoms with Gasteiger partial charge >= 0.3 is 0 Å². The number of alkyl halides is 1. The van der Waals surface area contributed by atoms with Crippen LogP contribution in [0.4, 0.5) is 0 Å². The molecular formula is C6H8BrI. The van der Waals surface area contributed by atoms with Crippen molar-refractivity contribution >= 4 is 38.5 Å². The Labute approximate surface area is 72.0 Å². The van der Waals surface area contributed by atoms with Crippen LogP contribution in [0.1, 0.15) is 19.3 Å². The van der Waals surface area contributed by atoms with E-state index in [-0.39, 0.29) is 0 Å². The second-order valence-electron chi connectivity index (χ2n) is 1.99. The van der Waals surface area contributed by atoms with Crippen molar-refractivity contribution in [1.29, 1.82) is 0 Å². The third kappa shape index (κ3) is 1.72. The van der Waals surface area contributed by atoms with Crippen LogP contribution in [0.2, 0.25) is 0 Å².